The van der Waals surface area contributed by atoms with Crippen LogP contribution in [-0.4, -0.2) is 56.0 Å². The molecule has 1 unspecified atom stereocenters. The number of fused-ring (bicyclic) bond motifs is 1. The average molecular weight is 618 g/mol. The van der Waals surface area contributed by atoms with Crippen molar-refractivity contribution in [2.24, 2.45) is 22.6 Å². The summed E-state index contributed by atoms with van der Waals surface area (Å²) in [5.41, 5.74) is 7.49. The largest absolute Gasteiger partial charge is 0.490 e. The van der Waals surface area contributed by atoms with Crippen LogP contribution in [0.1, 0.15) is 83.0 Å². The van der Waals surface area contributed by atoms with Gasteiger partial charge in [0.15, 0.2) is 5.96 Å². The van der Waals surface area contributed by atoms with Gasteiger partial charge in [-0.05, 0) is 56.7 Å². The number of nitrogens with one attached hydrogen (secondary N) is 1. The molecular formula is C31H38F3N5O5. The zero-order chi connectivity index (χ0) is 32.4. The molecule has 1 saturated carbocycles. The Morgan fingerprint density at radius 3 is 2.41 bits per heavy atom. The van der Waals surface area contributed by atoms with E-state index in [0.717, 1.165) is 29.7 Å². The van der Waals surface area contributed by atoms with Crippen molar-refractivity contribution in [1.82, 2.24) is 15.2 Å². The molecule has 13 heteroatoms. The molecule has 3 heterocycles. The maximum atomic E-state index is 13.5. The molecule has 4 atom stereocenters. The molecule has 44 heavy (non-hydrogen) atoms. The zero-order valence-corrected chi connectivity index (χ0v) is 25.1. The summed E-state index contributed by atoms with van der Waals surface area (Å²) in [7, 11) is 0. The van der Waals surface area contributed by atoms with Crippen LogP contribution in [0.25, 0.3) is 0 Å². The zero-order valence-electron chi connectivity index (χ0n) is 25.1. The fourth-order valence-electron chi connectivity index (χ4n) is 6.00. The van der Waals surface area contributed by atoms with Crippen molar-refractivity contribution >= 4 is 23.7 Å². The molecule has 3 aliphatic rings. The monoisotopic (exact) mass is 617 g/mol. The number of carboxylic acids is 1. The minimum atomic E-state index is -5.08. The van der Waals surface area contributed by atoms with Crippen molar-refractivity contribution in [3.63, 3.8) is 0 Å². The lowest BCUT2D eigenvalue weighted by Gasteiger charge is -2.40. The van der Waals surface area contributed by atoms with Crippen molar-refractivity contribution in [3.8, 4) is 5.75 Å². The summed E-state index contributed by atoms with van der Waals surface area (Å²) in [4.78, 5) is 46.7. The van der Waals surface area contributed by atoms with Crippen LogP contribution in [0.4, 0.5) is 13.2 Å². The van der Waals surface area contributed by atoms with Gasteiger partial charge >= 0.3 is 12.1 Å². The smallest absolute Gasteiger partial charge is 0.487 e. The molecule has 1 aromatic heterocycles. The number of ether oxygens (including phenoxy) is 1. The number of hydrogen-bond donors (Lipinski definition) is 3. The van der Waals surface area contributed by atoms with Gasteiger partial charge in [-0.3, -0.25) is 19.5 Å². The van der Waals surface area contributed by atoms with E-state index in [0.29, 0.717) is 19.3 Å². The number of pyridine rings is 1. The van der Waals surface area contributed by atoms with Gasteiger partial charge in [-0.15, -0.1) is 0 Å². The lowest BCUT2D eigenvalue weighted by Crippen LogP contribution is -2.53. The van der Waals surface area contributed by atoms with Crippen LogP contribution in [0.5, 0.6) is 5.75 Å². The molecule has 0 bridgehead atoms. The summed E-state index contributed by atoms with van der Waals surface area (Å²) < 4.78 is 37.9. The van der Waals surface area contributed by atoms with Gasteiger partial charge in [-0.1, -0.05) is 38.1 Å². The number of carbonyl (C=O) groups is 3. The van der Waals surface area contributed by atoms with E-state index in [2.05, 4.69) is 10.3 Å². The van der Waals surface area contributed by atoms with Crippen LogP contribution in [0, 0.1) is 11.8 Å². The van der Waals surface area contributed by atoms with Gasteiger partial charge in [0.2, 0.25) is 11.8 Å². The SMILES string of the molecule is CCC1(CC)CC(=O)N(C(c2cccnc2)[C@@H]2C[C@H]2C(=O)N[C@H]2CC(C)(C)Oc3ccccc32)C(N)=N1.O=C(O)C(F)(F)F. The number of carbonyl (C=O) groups excluding carboxylic acids is 2. The molecular weight excluding hydrogens is 579 g/mol. The topological polar surface area (TPSA) is 147 Å². The number of para-hydroxylation sites is 1. The number of halogens is 3. The Balaban J connectivity index is 0.000000566. The minimum Gasteiger partial charge on any atom is -0.487 e. The Hall–Kier alpha value is -4.16. The number of rotatable bonds is 7. The van der Waals surface area contributed by atoms with E-state index in [4.69, 9.17) is 25.4 Å². The molecule has 1 aliphatic carbocycles. The second-order valence-electron chi connectivity index (χ2n) is 12.0. The van der Waals surface area contributed by atoms with Gasteiger partial charge in [0.25, 0.3) is 0 Å². The summed E-state index contributed by atoms with van der Waals surface area (Å²) in [5, 5.41) is 10.4. The number of nitrogens with two attached hydrogens (primary N) is 1. The number of benzene rings is 1. The molecule has 238 valence electrons. The molecule has 0 saturated heterocycles. The van der Waals surface area contributed by atoms with Gasteiger partial charge in [0, 0.05) is 30.3 Å². The molecule has 2 aliphatic heterocycles. The van der Waals surface area contributed by atoms with E-state index < -0.39 is 17.7 Å². The third-order valence-corrected chi connectivity index (χ3v) is 8.49. The van der Waals surface area contributed by atoms with Gasteiger partial charge in [-0.2, -0.15) is 13.2 Å². The van der Waals surface area contributed by atoms with Crippen LogP contribution in [0.2, 0.25) is 0 Å². The first-order valence-electron chi connectivity index (χ1n) is 14.6. The maximum absolute atomic E-state index is 13.5. The third-order valence-electron chi connectivity index (χ3n) is 8.49. The normalized spacial score (nSPS) is 24.0. The van der Waals surface area contributed by atoms with Crippen molar-refractivity contribution in [1.29, 1.82) is 0 Å². The Bertz CT molecular complexity index is 1410. The number of nitrogens with zero attached hydrogens (tertiary/aromatic N) is 3. The first kappa shape index (κ1) is 32.7. The van der Waals surface area contributed by atoms with Crippen molar-refractivity contribution in [2.75, 3.05) is 0 Å². The quantitative estimate of drug-likeness (QED) is 0.400. The molecule has 10 nitrogen and oxygen atoms in total. The van der Waals surface area contributed by atoms with Crippen molar-refractivity contribution in [2.45, 2.75) is 89.2 Å². The summed E-state index contributed by atoms with van der Waals surface area (Å²) in [6, 6.07) is 11.2. The lowest BCUT2D eigenvalue weighted by atomic mass is 9.87. The second kappa shape index (κ2) is 12.4. The Labute approximate surface area is 253 Å². The molecule has 1 fully saturated rings. The van der Waals surface area contributed by atoms with Crippen LogP contribution in [0.15, 0.2) is 53.8 Å². The van der Waals surface area contributed by atoms with E-state index in [9.17, 15) is 22.8 Å². The summed E-state index contributed by atoms with van der Waals surface area (Å²) in [5.74, 6) is -2.06. The molecule has 0 spiro atoms. The molecule has 4 N–H and O–H groups in total. The Morgan fingerprint density at radius 2 is 1.84 bits per heavy atom. The number of amides is 2. The van der Waals surface area contributed by atoms with Crippen LogP contribution < -0.4 is 15.8 Å². The van der Waals surface area contributed by atoms with E-state index in [1.807, 2.05) is 64.1 Å². The second-order valence-corrected chi connectivity index (χ2v) is 12.0. The fourth-order valence-corrected chi connectivity index (χ4v) is 6.00. The highest BCUT2D eigenvalue weighted by molar-refractivity contribution is 5.99. The van der Waals surface area contributed by atoms with E-state index in [1.54, 1.807) is 17.3 Å². The Kier molecular flexibility index (Phi) is 9.26. The number of aliphatic carboxylic acids is 1. The van der Waals surface area contributed by atoms with Crippen molar-refractivity contribution < 1.29 is 37.4 Å². The lowest BCUT2D eigenvalue weighted by molar-refractivity contribution is -0.192. The summed E-state index contributed by atoms with van der Waals surface area (Å²) in [6.45, 7) is 8.16. The molecule has 0 radical (unpaired) electrons. The number of carboxylic acid groups (broad SMARTS) is 1. The van der Waals surface area contributed by atoms with Gasteiger partial charge in [0.1, 0.15) is 11.4 Å². The number of alkyl halides is 3. The highest BCUT2D eigenvalue weighted by Crippen LogP contribution is 2.52. The maximum Gasteiger partial charge on any atom is 0.490 e. The van der Waals surface area contributed by atoms with Crippen LogP contribution in [0.3, 0.4) is 0 Å². The predicted octanol–water partition coefficient (Wildman–Crippen LogP) is 4.92. The highest BCUT2D eigenvalue weighted by atomic mass is 19.4. The standard InChI is InChI=1S/C29H37N5O3.C2HF3O2/c1-5-29(6-2)16-24(35)34(27(30)33-29)25(18-10-9-13-31-17-18)20-14-21(20)26(36)32-22-15-28(3,4)37-23-12-8-7-11-19(22)23;3-2(4,5)1(6)7/h7-13,17,20-22,25H,5-6,14-16H2,1-4H3,(H2,30,33)(H,32,36);(H,6,7)/t20-,21-,22+,25?;/m1./s1. The first-order chi connectivity index (χ1) is 20.6. The summed E-state index contributed by atoms with van der Waals surface area (Å²) >= 11 is 0. The van der Waals surface area contributed by atoms with E-state index >= 15 is 0 Å². The predicted molar refractivity (Wildman–Crippen MR) is 155 cm³/mol. The van der Waals surface area contributed by atoms with Crippen LogP contribution >= 0.6 is 0 Å². The molecule has 2 aromatic rings. The van der Waals surface area contributed by atoms with Crippen LogP contribution in [-0.2, 0) is 14.4 Å². The number of aliphatic imine (C=N–C) groups is 1. The molecule has 2 amide bonds. The molecule has 5 rings (SSSR count). The third kappa shape index (κ3) is 7.13. The minimum absolute atomic E-state index is 0.00664. The fraction of sp³-hybridized carbons (Fsp3) is 0.516. The van der Waals surface area contributed by atoms with Crippen molar-refractivity contribution in [3.05, 3.63) is 59.9 Å². The number of hydrogen-bond acceptors (Lipinski definition) is 7. The summed E-state index contributed by atoms with van der Waals surface area (Å²) in [6.07, 6.45) is 1.54. The number of aromatic nitrogens is 1. The van der Waals surface area contributed by atoms with Gasteiger partial charge < -0.3 is 20.9 Å². The average Bonchev–Trinajstić information content (AvgIpc) is 3.75. The van der Waals surface area contributed by atoms with E-state index in [-0.39, 0.29) is 47.3 Å². The Morgan fingerprint density at radius 1 is 1.18 bits per heavy atom. The van der Waals surface area contributed by atoms with Gasteiger partial charge in [0.05, 0.1) is 24.0 Å². The highest BCUT2D eigenvalue weighted by Gasteiger charge is 2.54. The van der Waals surface area contributed by atoms with Gasteiger partial charge in [-0.25, -0.2) is 9.79 Å². The molecule has 1 aromatic carbocycles. The number of guanidine groups is 1. The first-order valence-corrected chi connectivity index (χ1v) is 14.6. The van der Waals surface area contributed by atoms with E-state index in [1.165, 1.54) is 0 Å².